The third kappa shape index (κ3) is 6.35. The fourth-order valence-electron chi connectivity index (χ4n) is 2.43. The van der Waals surface area contributed by atoms with E-state index in [9.17, 15) is 14.9 Å². The molecular formula is C18H23BrN4O4. The Bertz CT molecular complexity index is 836. The van der Waals surface area contributed by atoms with Crippen molar-refractivity contribution >= 4 is 44.3 Å². The Labute approximate surface area is 166 Å². The standard InChI is InChI=1S/C18H23BrN4O4/c1-18(2,3)22-17(24)27-9-5-4-8-20-16-13-7-6-12(19)10-14(13)21-11-15(16)23(25)26/h6-7,10-11H,4-5,8-9H2,1-3H3,(H,20,21)(H,22,24). The highest BCUT2D eigenvalue weighted by atomic mass is 79.9. The Morgan fingerprint density at radius 3 is 2.74 bits per heavy atom. The third-order valence-electron chi connectivity index (χ3n) is 3.59. The number of halogens is 1. The van der Waals surface area contributed by atoms with Gasteiger partial charge in [-0.1, -0.05) is 15.9 Å². The lowest BCUT2D eigenvalue weighted by molar-refractivity contribution is -0.384. The molecule has 8 nitrogen and oxygen atoms in total. The Balaban J connectivity index is 1.92. The Morgan fingerprint density at radius 1 is 1.33 bits per heavy atom. The van der Waals surface area contributed by atoms with E-state index >= 15 is 0 Å². The number of nitrogens with one attached hydrogen (secondary N) is 2. The molecule has 0 saturated carbocycles. The van der Waals surface area contributed by atoms with Crippen molar-refractivity contribution in [3.8, 4) is 0 Å². The van der Waals surface area contributed by atoms with E-state index in [1.807, 2.05) is 32.9 Å². The summed E-state index contributed by atoms with van der Waals surface area (Å²) in [5, 5.41) is 17.8. The van der Waals surface area contributed by atoms with Crippen LogP contribution in [0.1, 0.15) is 33.6 Å². The van der Waals surface area contributed by atoms with Crippen LogP contribution in [0.2, 0.25) is 0 Å². The van der Waals surface area contributed by atoms with Gasteiger partial charge in [-0.3, -0.25) is 10.1 Å². The molecule has 2 N–H and O–H groups in total. The van der Waals surface area contributed by atoms with Crippen LogP contribution in [0.3, 0.4) is 0 Å². The third-order valence-corrected chi connectivity index (χ3v) is 4.08. The molecule has 1 amide bonds. The number of fused-ring (bicyclic) bond motifs is 1. The molecule has 0 spiro atoms. The molecule has 0 aliphatic heterocycles. The fourth-order valence-corrected chi connectivity index (χ4v) is 2.78. The van der Waals surface area contributed by atoms with Crippen molar-refractivity contribution < 1.29 is 14.5 Å². The number of carbonyl (C=O) groups is 1. The molecule has 146 valence electrons. The van der Waals surface area contributed by atoms with Crippen molar-refractivity contribution in [2.45, 2.75) is 39.2 Å². The van der Waals surface area contributed by atoms with Crippen molar-refractivity contribution in [3.63, 3.8) is 0 Å². The van der Waals surface area contributed by atoms with E-state index in [0.717, 1.165) is 4.47 Å². The zero-order valence-corrected chi connectivity index (χ0v) is 17.1. The van der Waals surface area contributed by atoms with E-state index < -0.39 is 11.0 Å². The number of pyridine rings is 1. The maximum atomic E-state index is 11.6. The van der Waals surface area contributed by atoms with Crippen LogP contribution in [0.25, 0.3) is 10.9 Å². The van der Waals surface area contributed by atoms with Crippen LogP contribution in [0, 0.1) is 10.1 Å². The summed E-state index contributed by atoms with van der Waals surface area (Å²) in [7, 11) is 0. The number of anilines is 1. The quantitative estimate of drug-likeness (QED) is 0.370. The highest BCUT2D eigenvalue weighted by Gasteiger charge is 2.18. The maximum Gasteiger partial charge on any atom is 0.407 e. The predicted molar refractivity (Wildman–Crippen MR) is 108 cm³/mol. The van der Waals surface area contributed by atoms with Gasteiger partial charge in [-0.25, -0.2) is 9.78 Å². The first-order valence-corrected chi connectivity index (χ1v) is 9.38. The smallest absolute Gasteiger partial charge is 0.407 e. The van der Waals surface area contributed by atoms with Crippen LogP contribution in [-0.4, -0.2) is 34.7 Å². The number of hydrogen-bond acceptors (Lipinski definition) is 6. The van der Waals surface area contributed by atoms with Crippen LogP contribution in [-0.2, 0) is 4.74 Å². The zero-order valence-electron chi connectivity index (χ0n) is 15.5. The van der Waals surface area contributed by atoms with Crippen LogP contribution >= 0.6 is 15.9 Å². The summed E-state index contributed by atoms with van der Waals surface area (Å²) in [6.07, 6.45) is 2.15. The molecule has 2 rings (SSSR count). The summed E-state index contributed by atoms with van der Waals surface area (Å²) < 4.78 is 5.97. The van der Waals surface area contributed by atoms with Gasteiger partial charge in [0, 0.05) is 21.9 Å². The average molecular weight is 439 g/mol. The first-order chi connectivity index (χ1) is 12.7. The fraction of sp³-hybridized carbons (Fsp3) is 0.444. The first-order valence-electron chi connectivity index (χ1n) is 8.59. The number of amides is 1. The van der Waals surface area contributed by atoms with Gasteiger partial charge in [-0.2, -0.15) is 0 Å². The SMILES string of the molecule is CC(C)(C)NC(=O)OCCCCNc1c([N+](=O)[O-])cnc2cc(Br)ccc12. The molecule has 2 aromatic rings. The van der Waals surface area contributed by atoms with E-state index in [1.54, 1.807) is 6.07 Å². The largest absolute Gasteiger partial charge is 0.450 e. The van der Waals surface area contributed by atoms with E-state index in [4.69, 9.17) is 4.74 Å². The Morgan fingerprint density at radius 2 is 2.07 bits per heavy atom. The molecule has 1 aromatic heterocycles. The van der Waals surface area contributed by atoms with E-state index in [0.29, 0.717) is 36.0 Å². The molecule has 0 bridgehead atoms. The highest BCUT2D eigenvalue weighted by molar-refractivity contribution is 9.10. The number of hydrogen-bond donors (Lipinski definition) is 2. The summed E-state index contributed by atoms with van der Waals surface area (Å²) in [6, 6.07) is 5.42. The molecule has 0 fully saturated rings. The van der Waals surface area contributed by atoms with Gasteiger partial charge in [-0.05, 0) is 51.8 Å². The normalized spacial score (nSPS) is 11.3. The molecule has 0 aliphatic carbocycles. The maximum absolute atomic E-state index is 11.6. The second kappa shape index (κ2) is 8.98. The van der Waals surface area contributed by atoms with Gasteiger partial charge in [0.15, 0.2) is 0 Å². The molecular weight excluding hydrogens is 416 g/mol. The molecule has 0 atom stereocenters. The molecule has 0 radical (unpaired) electrons. The number of benzene rings is 1. The number of nitrogens with zero attached hydrogens (tertiary/aromatic N) is 2. The second-order valence-corrected chi connectivity index (χ2v) is 8.00. The number of ether oxygens (including phenoxy) is 1. The molecule has 0 unspecified atom stereocenters. The summed E-state index contributed by atoms with van der Waals surface area (Å²) in [5.41, 5.74) is 0.712. The van der Waals surface area contributed by atoms with Gasteiger partial charge in [0.25, 0.3) is 0 Å². The van der Waals surface area contributed by atoms with E-state index in [2.05, 4.69) is 31.5 Å². The van der Waals surface area contributed by atoms with Crippen LogP contribution in [0.5, 0.6) is 0 Å². The minimum atomic E-state index is -0.448. The molecule has 9 heteroatoms. The summed E-state index contributed by atoms with van der Waals surface area (Å²) in [6.45, 7) is 6.43. The summed E-state index contributed by atoms with van der Waals surface area (Å²) in [5.74, 6) is 0. The van der Waals surface area contributed by atoms with Crippen molar-refractivity contribution in [1.82, 2.24) is 10.3 Å². The van der Waals surface area contributed by atoms with Gasteiger partial charge < -0.3 is 15.4 Å². The number of rotatable bonds is 7. The number of nitro groups is 1. The van der Waals surface area contributed by atoms with Gasteiger partial charge in [-0.15, -0.1) is 0 Å². The monoisotopic (exact) mass is 438 g/mol. The van der Waals surface area contributed by atoms with Crippen LogP contribution in [0.4, 0.5) is 16.2 Å². The lowest BCUT2D eigenvalue weighted by atomic mass is 10.1. The molecule has 0 saturated heterocycles. The highest BCUT2D eigenvalue weighted by Crippen LogP contribution is 2.32. The Kier molecular flexibility index (Phi) is 6.95. The minimum absolute atomic E-state index is 0.0642. The van der Waals surface area contributed by atoms with E-state index in [-0.39, 0.29) is 17.8 Å². The number of alkyl carbamates (subject to hydrolysis) is 1. The van der Waals surface area contributed by atoms with Crippen LogP contribution < -0.4 is 10.6 Å². The summed E-state index contributed by atoms with van der Waals surface area (Å²) in [4.78, 5) is 26.6. The number of unbranched alkanes of at least 4 members (excludes halogenated alkanes) is 1. The minimum Gasteiger partial charge on any atom is -0.450 e. The molecule has 27 heavy (non-hydrogen) atoms. The number of aromatic nitrogens is 1. The average Bonchev–Trinajstić information content (AvgIpc) is 2.55. The van der Waals surface area contributed by atoms with Gasteiger partial charge in [0.1, 0.15) is 11.9 Å². The Hall–Kier alpha value is -2.42. The zero-order chi connectivity index (χ0) is 20.0. The number of carbonyl (C=O) groups excluding carboxylic acids is 1. The van der Waals surface area contributed by atoms with Gasteiger partial charge in [0.2, 0.25) is 0 Å². The lowest BCUT2D eigenvalue weighted by Gasteiger charge is -2.19. The van der Waals surface area contributed by atoms with Gasteiger partial charge >= 0.3 is 11.8 Å². The van der Waals surface area contributed by atoms with Crippen molar-refractivity contribution in [2.24, 2.45) is 0 Å². The predicted octanol–water partition coefficient (Wildman–Crippen LogP) is 4.62. The van der Waals surface area contributed by atoms with Crippen molar-refractivity contribution in [2.75, 3.05) is 18.5 Å². The summed E-state index contributed by atoms with van der Waals surface area (Å²) >= 11 is 3.37. The molecule has 1 heterocycles. The van der Waals surface area contributed by atoms with Crippen molar-refractivity contribution in [1.29, 1.82) is 0 Å². The van der Waals surface area contributed by atoms with E-state index in [1.165, 1.54) is 6.20 Å². The van der Waals surface area contributed by atoms with Gasteiger partial charge in [0.05, 0.1) is 17.0 Å². The van der Waals surface area contributed by atoms with Crippen LogP contribution in [0.15, 0.2) is 28.9 Å². The molecule has 1 aromatic carbocycles. The molecule has 0 aliphatic rings. The first kappa shape index (κ1) is 20.9. The van der Waals surface area contributed by atoms with Crippen molar-refractivity contribution in [3.05, 3.63) is 39.0 Å². The second-order valence-electron chi connectivity index (χ2n) is 7.08. The lowest BCUT2D eigenvalue weighted by Crippen LogP contribution is -2.41. The topological polar surface area (TPSA) is 106 Å².